The smallest absolute Gasteiger partial charge is 0.109 e. The number of pyridine rings is 1. The Morgan fingerprint density at radius 1 is 1.13 bits per heavy atom. The van der Waals surface area contributed by atoms with Crippen molar-refractivity contribution in [1.82, 2.24) is 14.5 Å². The van der Waals surface area contributed by atoms with E-state index < -0.39 is 0 Å². The molecule has 0 aliphatic rings. The fraction of sp³-hybridized carbons (Fsp3) is 0.474. The van der Waals surface area contributed by atoms with Crippen molar-refractivity contribution in [3.8, 4) is 0 Å². The van der Waals surface area contributed by atoms with Gasteiger partial charge in [0.25, 0.3) is 0 Å². The highest BCUT2D eigenvalue weighted by molar-refractivity contribution is 7.99. The first-order chi connectivity index (χ1) is 11.2. The molecular formula is C19H25N3S. The molecule has 3 rings (SSSR count). The molecule has 3 aromatic rings. The number of aromatic nitrogens is 3. The molecule has 4 heteroatoms. The molecule has 0 bridgehead atoms. The lowest BCUT2D eigenvalue weighted by molar-refractivity contribution is 0.623. The zero-order valence-electron chi connectivity index (χ0n) is 14.2. The monoisotopic (exact) mass is 327 g/mol. The van der Waals surface area contributed by atoms with E-state index in [1.165, 1.54) is 35.3 Å². The number of unbranched alkanes of at least 4 members (excludes halogenated alkanes) is 1. The van der Waals surface area contributed by atoms with Crippen molar-refractivity contribution in [2.75, 3.05) is 5.75 Å². The van der Waals surface area contributed by atoms with Gasteiger partial charge in [0.1, 0.15) is 11.3 Å². The van der Waals surface area contributed by atoms with Crippen LogP contribution in [0.25, 0.3) is 21.9 Å². The van der Waals surface area contributed by atoms with Crippen molar-refractivity contribution in [3.63, 3.8) is 0 Å². The Bertz CT molecular complexity index is 792. The maximum Gasteiger partial charge on any atom is 0.109 e. The van der Waals surface area contributed by atoms with Crippen LogP contribution in [0.3, 0.4) is 0 Å². The summed E-state index contributed by atoms with van der Waals surface area (Å²) in [6, 6.07) is 8.38. The fourth-order valence-corrected chi connectivity index (χ4v) is 3.85. The molecule has 0 aliphatic carbocycles. The molecule has 0 atom stereocenters. The first kappa shape index (κ1) is 16.3. The van der Waals surface area contributed by atoms with Crippen LogP contribution in [-0.2, 0) is 13.0 Å². The van der Waals surface area contributed by atoms with Crippen LogP contribution in [0, 0.1) is 0 Å². The van der Waals surface area contributed by atoms with E-state index in [1.54, 1.807) is 0 Å². The first-order valence-electron chi connectivity index (χ1n) is 8.55. The van der Waals surface area contributed by atoms with Crippen molar-refractivity contribution in [2.45, 2.75) is 51.8 Å². The highest BCUT2D eigenvalue weighted by Gasteiger charge is 2.12. The van der Waals surface area contributed by atoms with Gasteiger partial charge in [0.15, 0.2) is 0 Å². The molecule has 23 heavy (non-hydrogen) atoms. The second-order valence-corrected chi connectivity index (χ2v) is 7.85. The zero-order valence-corrected chi connectivity index (χ0v) is 15.1. The van der Waals surface area contributed by atoms with E-state index in [0.29, 0.717) is 0 Å². The number of thioether (sulfide) groups is 1. The Morgan fingerprint density at radius 3 is 2.74 bits per heavy atom. The van der Waals surface area contributed by atoms with E-state index in [-0.39, 0.29) is 0 Å². The number of rotatable bonds is 7. The summed E-state index contributed by atoms with van der Waals surface area (Å²) in [6.07, 6.45) is 5.34. The summed E-state index contributed by atoms with van der Waals surface area (Å²) < 4.78 is 2.42. The Morgan fingerprint density at radius 2 is 1.96 bits per heavy atom. The van der Waals surface area contributed by atoms with Gasteiger partial charge in [-0.05, 0) is 29.9 Å². The fourth-order valence-electron chi connectivity index (χ4n) is 3.01. The van der Waals surface area contributed by atoms with Gasteiger partial charge in [0.2, 0.25) is 0 Å². The Balaban J connectivity index is 1.89. The summed E-state index contributed by atoms with van der Waals surface area (Å²) in [5.74, 6) is 2.42. The van der Waals surface area contributed by atoms with E-state index >= 15 is 0 Å². The molecule has 0 saturated carbocycles. The Labute approximate surface area is 142 Å². The van der Waals surface area contributed by atoms with Gasteiger partial charge < -0.3 is 4.57 Å². The lowest BCUT2D eigenvalue weighted by atomic mass is 10.2. The molecule has 0 aliphatic heterocycles. The number of aryl methyl sites for hydroxylation is 2. The van der Waals surface area contributed by atoms with E-state index in [2.05, 4.69) is 48.5 Å². The van der Waals surface area contributed by atoms with Gasteiger partial charge >= 0.3 is 0 Å². The number of para-hydroxylation sites is 1. The summed E-state index contributed by atoms with van der Waals surface area (Å²) in [5, 5.41) is 1.94. The van der Waals surface area contributed by atoms with Gasteiger partial charge in [0.05, 0.1) is 17.2 Å². The summed E-state index contributed by atoms with van der Waals surface area (Å²) in [6.45, 7) is 7.76. The lowest BCUT2D eigenvalue weighted by Crippen LogP contribution is -2.04. The standard InChI is InChI=1S/C19H25N3S/c1-4-18-21-17-13-20-16-10-6-5-9-15(16)19(17)22(18)11-7-8-12-23-14(2)3/h5-6,9-10,13-14H,4,7-8,11-12H2,1-3H3. The number of nitrogens with zero attached hydrogens (tertiary/aromatic N) is 3. The van der Waals surface area contributed by atoms with Crippen LogP contribution in [0.2, 0.25) is 0 Å². The summed E-state index contributed by atoms with van der Waals surface area (Å²) >= 11 is 2.05. The van der Waals surface area contributed by atoms with Gasteiger partial charge in [-0.2, -0.15) is 11.8 Å². The Kier molecular flexibility index (Phi) is 5.21. The number of fused-ring (bicyclic) bond motifs is 3. The number of hydrogen-bond acceptors (Lipinski definition) is 3. The molecule has 0 radical (unpaired) electrons. The third-order valence-electron chi connectivity index (χ3n) is 4.10. The number of hydrogen-bond donors (Lipinski definition) is 0. The molecule has 0 saturated heterocycles. The normalized spacial score (nSPS) is 11.8. The largest absolute Gasteiger partial charge is 0.327 e. The van der Waals surface area contributed by atoms with E-state index in [4.69, 9.17) is 4.98 Å². The molecule has 2 heterocycles. The Hall–Kier alpha value is -1.55. The predicted octanol–water partition coefficient (Wildman–Crippen LogP) is 5.07. The van der Waals surface area contributed by atoms with Crippen LogP contribution in [-0.4, -0.2) is 25.5 Å². The highest BCUT2D eigenvalue weighted by atomic mass is 32.2. The van der Waals surface area contributed by atoms with Crippen LogP contribution < -0.4 is 0 Å². The molecule has 122 valence electrons. The molecule has 0 N–H and O–H groups in total. The van der Waals surface area contributed by atoms with Gasteiger partial charge in [-0.3, -0.25) is 4.98 Å². The minimum absolute atomic E-state index is 0.727. The van der Waals surface area contributed by atoms with Crippen LogP contribution in [0.1, 0.15) is 39.4 Å². The summed E-state index contributed by atoms with van der Waals surface area (Å²) in [5.41, 5.74) is 3.33. The quantitative estimate of drug-likeness (QED) is 0.568. The SMILES string of the molecule is CCc1nc2cnc3ccccc3c2n1CCCCSC(C)C. The van der Waals surface area contributed by atoms with Gasteiger partial charge in [-0.25, -0.2) is 4.98 Å². The maximum absolute atomic E-state index is 4.80. The molecule has 3 nitrogen and oxygen atoms in total. The topological polar surface area (TPSA) is 30.7 Å². The van der Waals surface area contributed by atoms with E-state index in [1.807, 2.05) is 24.0 Å². The van der Waals surface area contributed by atoms with Gasteiger partial charge in [0, 0.05) is 18.4 Å². The molecule has 2 aromatic heterocycles. The minimum Gasteiger partial charge on any atom is -0.327 e. The van der Waals surface area contributed by atoms with E-state index in [0.717, 1.165) is 29.2 Å². The van der Waals surface area contributed by atoms with Crippen LogP contribution in [0.15, 0.2) is 30.5 Å². The molecule has 0 amide bonds. The zero-order chi connectivity index (χ0) is 16.2. The van der Waals surface area contributed by atoms with Gasteiger partial charge in [-0.15, -0.1) is 0 Å². The minimum atomic E-state index is 0.727. The third-order valence-corrected chi connectivity index (χ3v) is 5.29. The van der Waals surface area contributed by atoms with Crippen molar-refractivity contribution in [3.05, 3.63) is 36.3 Å². The van der Waals surface area contributed by atoms with Crippen LogP contribution >= 0.6 is 11.8 Å². The summed E-state index contributed by atoms with van der Waals surface area (Å²) in [7, 11) is 0. The van der Waals surface area contributed by atoms with Crippen molar-refractivity contribution in [1.29, 1.82) is 0 Å². The average molecular weight is 327 g/mol. The van der Waals surface area contributed by atoms with Crippen molar-refractivity contribution in [2.24, 2.45) is 0 Å². The molecule has 0 unspecified atom stereocenters. The van der Waals surface area contributed by atoms with Crippen molar-refractivity contribution < 1.29 is 0 Å². The van der Waals surface area contributed by atoms with Crippen LogP contribution in [0.5, 0.6) is 0 Å². The second kappa shape index (κ2) is 7.35. The molecular weight excluding hydrogens is 302 g/mol. The van der Waals surface area contributed by atoms with Crippen molar-refractivity contribution >= 4 is 33.7 Å². The number of benzene rings is 1. The van der Waals surface area contributed by atoms with E-state index in [9.17, 15) is 0 Å². The average Bonchev–Trinajstić information content (AvgIpc) is 2.92. The predicted molar refractivity (Wildman–Crippen MR) is 101 cm³/mol. The lowest BCUT2D eigenvalue weighted by Gasteiger charge is -2.10. The maximum atomic E-state index is 4.80. The highest BCUT2D eigenvalue weighted by Crippen LogP contribution is 2.25. The van der Waals surface area contributed by atoms with Gasteiger partial charge in [-0.1, -0.05) is 39.0 Å². The number of imidazole rings is 1. The first-order valence-corrected chi connectivity index (χ1v) is 9.60. The molecule has 0 fully saturated rings. The third kappa shape index (κ3) is 3.52. The second-order valence-electron chi connectivity index (χ2n) is 6.17. The summed E-state index contributed by atoms with van der Waals surface area (Å²) in [4.78, 5) is 9.35. The molecule has 0 spiro atoms. The van der Waals surface area contributed by atoms with Crippen LogP contribution in [0.4, 0.5) is 0 Å². The molecule has 1 aromatic carbocycles.